The van der Waals surface area contributed by atoms with Crippen LogP contribution in [0.3, 0.4) is 0 Å². The Balaban J connectivity index is 2.00. The molecule has 1 amide bonds. The van der Waals surface area contributed by atoms with Gasteiger partial charge < -0.3 is 5.32 Å². The lowest BCUT2D eigenvalue weighted by Gasteiger charge is -2.06. The Bertz CT molecular complexity index is 410. The summed E-state index contributed by atoms with van der Waals surface area (Å²) in [5.41, 5.74) is 0.749. The maximum atomic E-state index is 11.8. The molecule has 1 N–H and O–H groups in total. The number of hydrogen-bond acceptors (Lipinski definition) is 2. The molecule has 3 nitrogen and oxygen atoms in total. The number of anilines is 1. The van der Waals surface area contributed by atoms with Crippen molar-refractivity contribution in [2.75, 3.05) is 5.32 Å². The first kappa shape index (κ1) is 18.1. The summed E-state index contributed by atoms with van der Waals surface area (Å²) < 4.78 is 0.686. The highest BCUT2D eigenvalue weighted by Crippen LogP contribution is 2.18. The van der Waals surface area contributed by atoms with E-state index in [9.17, 15) is 4.79 Å². The summed E-state index contributed by atoms with van der Waals surface area (Å²) in [6.07, 6.45) is 13.7. The lowest BCUT2D eigenvalue weighted by molar-refractivity contribution is -0.116. The van der Waals surface area contributed by atoms with Crippen LogP contribution in [0.5, 0.6) is 0 Å². The molecule has 0 aliphatic heterocycles. The molecule has 0 spiro atoms. The number of nitrogens with zero attached hydrogens (tertiary/aromatic N) is 1. The third-order valence-corrected chi connectivity index (χ3v) is 4.17. The topological polar surface area (TPSA) is 42.0 Å². The van der Waals surface area contributed by atoms with E-state index in [1.807, 2.05) is 12.1 Å². The van der Waals surface area contributed by atoms with Crippen LogP contribution in [-0.4, -0.2) is 10.9 Å². The highest BCUT2D eigenvalue weighted by atomic mass is 79.9. The molecule has 0 aromatic carbocycles. The summed E-state index contributed by atoms with van der Waals surface area (Å²) in [7, 11) is 0. The molecule has 4 heteroatoms. The molecule has 0 aliphatic carbocycles. The summed E-state index contributed by atoms with van der Waals surface area (Å²) in [6, 6.07) is 3.67. The first-order valence-electron chi connectivity index (χ1n) is 8.14. The maximum Gasteiger partial charge on any atom is 0.224 e. The number of rotatable bonds is 11. The van der Waals surface area contributed by atoms with Crippen molar-refractivity contribution in [3.8, 4) is 0 Å². The minimum absolute atomic E-state index is 0.0756. The molecule has 0 saturated carbocycles. The third kappa shape index (κ3) is 8.86. The molecule has 0 unspecified atom stereocenters. The number of hydrogen-bond donors (Lipinski definition) is 1. The number of pyridine rings is 1. The number of unbranched alkanes of at least 4 members (excludes halogenated alkanes) is 8. The Morgan fingerprint density at radius 3 is 2.33 bits per heavy atom. The zero-order valence-corrected chi connectivity index (χ0v) is 14.6. The Morgan fingerprint density at radius 1 is 1.10 bits per heavy atom. The Kier molecular flexibility index (Phi) is 10.1. The molecule has 0 saturated heterocycles. The van der Waals surface area contributed by atoms with Crippen molar-refractivity contribution in [2.24, 2.45) is 0 Å². The second kappa shape index (κ2) is 11.7. The van der Waals surface area contributed by atoms with Crippen molar-refractivity contribution in [3.63, 3.8) is 0 Å². The normalized spacial score (nSPS) is 10.6. The summed E-state index contributed by atoms with van der Waals surface area (Å²) in [4.78, 5) is 15.9. The van der Waals surface area contributed by atoms with Crippen LogP contribution in [0.2, 0.25) is 0 Å². The summed E-state index contributed by atoms with van der Waals surface area (Å²) in [6.45, 7) is 2.25. The van der Waals surface area contributed by atoms with Crippen molar-refractivity contribution < 1.29 is 4.79 Å². The molecule has 0 aliphatic rings. The zero-order chi connectivity index (χ0) is 15.3. The fraction of sp³-hybridized carbons (Fsp3) is 0.647. The van der Waals surface area contributed by atoms with Crippen molar-refractivity contribution in [2.45, 2.75) is 71.1 Å². The largest absolute Gasteiger partial charge is 0.324 e. The molecular formula is C17H27BrN2O. The molecule has 0 radical (unpaired) electrons. The first-order valence-corrected chi connectivity index (χ1v) is 8.93. The molecule has 0 atom stereocenters. The number of nitrogens with one attached hydrogen (secondary N) is 1. The van der Waals surface area contributed by atoms with Gasteiger partial charge in [-0.3, -0.25) is 4.79 Å². The van der Waals surface area contributed by atoms with Gasteiger partial charge in [0.05, 0.1) is 5.69 Å². The van der Waals surface area contributed by atoms with E-state index in [1.54, 1.807) is 6.20 Å². The van der Waals surface area contributed by atoms with Crippen LogP contribution >= 0.6 is 15.9 Å². The first-order chi connectivity index (χ1) is 10.2. The van der Waals surface area contributed by atoms with Crippen LogP contribution in [0.1, 0.15) is 71.1 Å². The summed E-state index contributed by atoms with van der Waals surface area (Å²) in [5.74, 6) is 0.0756. The number of carbonyl (C=O) groups excluding carboxylic acids is 1. The fourth-order valence-electron chi connectivity index (χ4n) is 2.29. The van der Waals surface area contributed by atoms with Gasteiger partial charge in [-0.15, -0.1) is 0 Å². The lowest BCUT2D eigenvalue weighted by atomic mass is 10.1. The summed E-state index contributed by atoms with van der Waals surface area (Å²) in [5, 5.41) is 2.89. The average molecular weight is 355 g/mol. The summed E-state index contributed by atoms with van der Waals surface area (Å²) >= 11 is 3.33. The number of halogens is 1. The van der Waals surface area contributed by atoms with E-state index in [1.165, 1.54) is 44.9 Å². The minimum Gasteiger partial charge on any atom is -0.324 e. The van der Waals surface area contributed by atoms with Crippen LogP contribution in [-0.2, 0) is 4.79 Å². The third-order valence-electron chi connectivity index (χ3n) is 3.54. The van der Waals surface area contributed by atoms with E-state index < -0.39 is 0 Å². The SMILES string of the molecule is CCCCCCCCCCCC(=O)Nc1cccnc1Br. The molecule has 1 heterocycles. The predicted molar refractivity (Wildman–Crippen MR) is 92.4 cm³/mol. The molecule has 1 rings (SSSR count). The van der Waals surface area contributed by atoms with Gasteiger partial charge in [0.15, 0.2) is 0 Å². The van der Waals surface area contributed by atoms with Gasteiger partial charge in [-0.1, -0.05) is 58.3 Å². The van der Waals surface area contributed by atoms with Crippen LogP contribution < -0.4 is 5.32 Å². The van der Waals surface area contributed by atoms with Crippen LogP contribution in [0.4, 0.5) is 5.69 Å². The monoisotopic (exact) mass is 354 g/mol. The molecular weight excluding hydrogens is 328 g/mol. The van der Waals surface area contributed by atoms with Gasteiger partial charge >= 0.3 is 0 Å². The fourth-order valence-corrected chi connectivity index (χ4v) is 2.64. The van der Waals surface area contributed by atoms with Gasteiger partial charge in [-0.05, 0) is 34.5 Å². The van der Waals surface area contributed by atoms with E-state index in [0.29, 0.717) is 11.0 Å². The molecule has 0 bridgehead atoms. The van der Waals surface area contributed by atoms with Crippen molar-refractivity contribution >= 4 is 27.5 Å². The molecule has 1 aromatic rings. The van der Waals surface area contributed by atoms with E-state index in [2.05, 4.69) is 33.2 Å². The van der Waals surface area contributed by atoms with Crippen LogP contribution in [0.25, 0.3) is 0 Å². The van der Waals surface area contributed by atoms with Gasteiger partial charge in [-0.25, -0.2) is 4.98 Å². The number of aromatic nitrogens is 1. The number of carbonyl (C=O) groups is 1. The van der Waals surface area contributed by atoms with Gasteiger partial charge in [0.1, 0.15) is 4.60 Å². The quantitative estimate of drug-likeness (QED) is 0.408. The van der Waals surface area contributed by atoms with E-state index >= 15 is 0 Å². The van der Waals surface area contributed by atoms with E-state index in [4.69, 9.17) is 0 Å². The number of amides is 1. The smallest absolute Gasteiger partial charge is 0.224 e. The second-order valence-electron chi connectivity index (χ2n) is 5.47. The Labute approximate surface area is 137 Å². The predicted octanol–water partition coefficient (Wildman–Crippen LogP) is 5.70. The van der Waals surface area contributed by atoms with Gasteiger partial charge in [-0.2, -0.15) is 0 Å². The maximum absolute atomic E-state index is 11.8. The molecule has 1 aromatic heterocycles. The Morgan fingerprint density at radius 2 is 1.71 bits per heavy atom. The highest BCUT2D eigenvalue weighted by molar-refractivity contribution is 9.10. The highest BCUT2D eigenvalue weighted by Gasteiger charge is 2.05. The van der Waals surface area contributed by atoms with E-state index in [0.717, 1.165) is 18.5 Å². The second-order valence-corrected chi connectivity index (χ2v) is 6.22. The van der Waals surface area contributed by atoms with Gasteiger partial charge in [0.2, 0.25) is 5.91 Å². The lowest BCUT2D eigenvalue weighted by Crippen LogP contribution is -2.11. The zero-order valence-electron chi connectivity index (χ0n) is 13.0. The van der Waals surface area contributed by atoms with Crippen LogP contribution in [0.15, 0.2) is 22.9 Å². The van der Waals surface area contributed by atoms with Crippen molar-refractivity contribution in [1.29, 1.82) is 0 Å². The standard InChI is InChI=1S/C17H27BrN2O/c1-2-3-4-5-6-7-8-9-10-13-16(21)20-15-12-11-14-19-17(15)18/h11-12,14H,2-10,13H2,1H3,(H,20,21). The van der Waals surface area contributed by atoms with Crippen molar-refractivity contribution in [1.82, 2.24) is 4.98 Å². The molecule has 0 fully saturated rings. The molecule has 118 valence electrons. The van der Waals surface area contributed by atoms with Crippen LogP contribution in [0, 0.1) is 0 Å². The Hall–Kier alpha value is -0.900. The molecule has 21 heavy (non-hydrogen) atoms. The van der Waals surface area contributed by atoms with Gasteiger partial charge in [0.25, 0.3) is 0 Å². The average Bonchev–Trinajstić information content (AvgIpc) is 2.48. The van der Waals surface area contributed by atoms with Crippen molar-refractivity contribution in [3.05, 3.63) is 22.9 Å². The van der Waals surface area contributed by atoms with Gasteiger partial charge in [0, 0.05) is 12.6 Å². The van der Waals surface area contributed by atoms with E-state index in [-0.39, 0.29) is 5.91 Å². The minimum atomic E-state index is 0.0756.